The second-order valence-corrected chi connectivity index (χ2v) is 10.1. The van der Waals surface area contributed by atoms with Crippen LogP contribution in [0.3, 0.4) is 0 Å². The summed E-state index contributed by atoms with van der Waals surface area (Å²) in [6, 6.07) is 0. The van der Waals surface area contributed by atoms with Gasteiger partial charge in [0.25, 0.3) is 0 Å². The minimum absolute atomic E-state index is 0.00604. The van der Waals surface area contributed by atoms with E-state index < -0.39 is 0 Å². The number of ether oxygens (including phenoxy) is 2. The van der Waals surface area contributed by atoms with Gasteiger partial charge in [0.05, 0.1) is 0 Å². The topological polar surface area (TPSA) is 74.5 Å². The molecule has 112 valence electrons. The zero-order valence-corrected chi connectivity index (χ0v) is 15.1. The molecule has 6 unspecified atom stereocenters. The Kier molecular flexibility index (Phi) is 3.45. The van der Waals surface area contributed by atoms with Crippen LogP contribution in [0.5, 0.6) is 0 Å². The van der Waals surface area contributed by atoms with E-state index in [2.05, 4.69) is 26.1 Å². The van der Waals surface area contributed by atoms with Crippen LogP contribution in [0.2, 0.25) is 0 Å². The number of hydrogen-bond acceptors (Lipinski definition) is 5. The van der Waals surface area contributed by atoms with Gasteiger partial charge < -0.3 is 0 Å². The third-order valence-electron chi connectivity index (χ3n) is 5.21. The van der Waals surface area contributed by atoms with E-state index in [0.29, 0.717) is 22.5 Å². The minimum atomic E-state index is -0.235. The van der Waals surface area contributed by atoms with E-state index in [4.69, 9.17) is 9.47 Å². The van der Waals surface area contributed by atoms with Crippen molar-refractivity contribution in [1.82, 2.24) is 3.53 Å². The van der Waals surface area contributed by atoms with Crippen molar-refractivity contribution in [3.63, 3.8) is 0 Å². The van der Waals surface area contributed by atoms with Crippen LogP contribution in [0.1, 0.15) is 25.7 Å². The number of halogens is 2. The maximum absolute atomic E-state index is 12.1. The molecule has 2 aliphatic carbocycles. The number of fused-ring (bicyclic) bond motifs is 3. The molecule has 6 atom stereocenters. The Bertz CT molecular complexity index is 469. The Hall–Kier alpha value is 0.360. The Balaban J connectivity index is 1.40. The summed E-state index contributed by atoms with van der Waals surface area (Å²) in [7, 11) is 0. The summed E-state index contributed by atoms with van der Waals surface area (Å²) in [5, 5.41) is 0. The molecule has 0 radical (unpaired) electrons. The first-order valence-electron chi connectivity index (χ1n) is 7.00. The maximum atomic E-state index is 12.1. The summed E-state index contributed by atoms with van der Waals surface area (Å²) >= 11 is 2.22. The van der Waals surface area contributed by atoms with Gasteiger partial charge in [0.1, 0.15) is 0 Å². The molecule has 4 rings (SSSR count). The normalized spacial score (nSPS) is 47.0. The van der Waals surface area contributed by atoms with Crippen LogP contribution >= 0.6 is 22.6 Å². The van der Waals surface area contributed by atoms with E-state index in [0.717, 1.165) is 25.7 Å². The fraction of sp³-hybridized carbons (Fsp3) is 0.846. The fourth-order valence-corrected chi connectivity index (χ4v) is 7.24. The average Bonchev–Trinajstić information content (AvgIpc) is 3.00. The third kappa shape index (κ3) is 2.10. The van der Waals surface area contributed by atoms with Crippen LogP contribution in [0.4, 0.5) is 0 Å². The number of nitrogens with one attached hydrogen (secondary N) is 1. The predicted octanol–water partition coefficient (Wildman–Crippen LogP) is -2.00. The van der Waals surface area contributed by atoms with Crippen molar-refractivity contribution in [3.05, 3.63) is 0 Å². The number of carbonyl (C=O) groups excluding carboxylic acids is 2. The van der Waals surface area contributed by atoms with Crippen LogP contribution in [-0.4, -0.2) is 32.6 Å². The van der Waals surface area contributed by atoms with E-state index in [-0.39, 0.29) is 48.9 Å². The van der Waals surface area contributed by atoms with Crippen molar-refractivity contribution in [3.8, 4) is 0 Å². The second-order valence-electron chi connectivity index (χ2n) is 6.17. The van der Waals surface area contributed by atoms with Gasteiger partial charge in [0.2, 0.25) is 0 Å². The molecule has 1 spiro atoms. The summed E-state index contributed by atoms with van der Waals surface area (Å²) in [6.45, 7) is 0.569. The van der Waals surface area contributed by atoms with Crippen molar-refractivity contribution in [1.29, 1.82) is 0 Å². The van der Waals surface area contributed by atoms with E-state index >= 15 is 0 Å². The monoisotopic (exact) mass is 504 g/mol. The van der Waals surface area contributed by atoms with E-state index in [1.165, 1.54) is 0 Å². The summed E-state index contributed by atoms with van der Waals surface area (Å²) in [4.78, 5) is 24.1. The summed E-state index contributed by atoms with van der Waals surface area (Å²) in [6.07, 6.45) is 3.62. The van der Waals surface area contributed by atoms with Gasteiger partial charge in [-0.3, -0.25) is 0 Å². The molecule has 0 aromatic carbocycles. The number of carbonyl (C=O) groups is 2. The SMILES string of the molecule is O=C(OC1CC2CC1CC21CCOC1=O)C(I)C1N[I-]1. The van der Waals surface area contributed by atoms with Gasteiger partial charge in [-0.05, 0) is 0 Å². The Morgan fingerprint density at radius 3 is 2.90 bits per heavy atom. The van der Waals surface area contributed by atoms with E-state index in [1.807, 2.05) is 0 Å². The molecule has 0 amide bonds. The van der Waals surface area contributed by atoms with E-state index in [1.54, 1.807) is 0 Å². The molecular weight excluding hydrogens is 488 g/mol. The van der Waals surface area contributed by atoms with Crippen molar-refractivity contribution < 1.29 is 40.5 Å². The molecule has 2 saturated heterocycles. The molecular formula is C13H16I2NO4-. The first kappa shape index (κ1) is 14.0. The van der Waals surface area contributed by atoms with Gasteiger partial charge >= 0.3 is 142 Å². The van der Waals surface area contributed by atoms with Crippen molar-refractivity contribution >= 4 is 34.5 Å². The number of hydrogen-bond donors (Lipinski definition) is 1. The molecule has 2 aliphatic heterocycles. The van der Waals surface area contributed by atoms with Crippen molar-refractivity contribution in [2.45, 2.75) is 39.8 Å². The Labute approximate surface area is 141 Å². The first-order chi connectivity index (χ1) is 9.60. The number of esters is 2. The standard InChI is InChI=1S/C13H16I2NO4/c14-9(10-15-16-10)11(17)20-8-4-7-3-6(8)5-13(7)1-2-19-12(13)18/h6-10,16H,1-5H2/q-1. The molecule has 2 bridgehead atoms. The molecule has 4 fully saturated rings. The molecule has 7 heteroatoms. The van der Waals surface area contributed by atoms with Gasteiger partial charge in [-0.15, -0.1) is 0 Å². The summed E-state index contributed by atoms with van der Waals surface area (Å²) in [5.41, 5.74) is -0.235. The third-order valence-corrected chi connectivity index (χ3v) is 9.88. The number of rotatable bonds is 3. The molecule has 1 N–H and O–H groups in total. The van der Waals surface area contributed by atoms with Gasteiger partial charge in [0.15, 0.2) is 0 Å². The molecule has 0 aromatic heterocycles. The molecule has 0 aromatic rings. The van der Waals surface area contributed by atoms with Crippen LogP contribution in [0.25, 0.3) is 0 Å². The van der Waals surface area contributed by atoms with Gasteiger partial charge in [-0.2, -0.15) is 0 Å². The van der Waals surface area contributed by atoms with Gasteiger partial charge in [-0.25, -0.2) is 0 Å². The predicted molar refractivity (Wildman–Crippen MR) is 73.5 cm³/mol. The zero-order valence-electron chi connectivity index (χ0n) is 10.8. The summed E-state index contributed by atoms with van der Waals surface area (Å²) in [5.74, 6) is 0.647. The Morgan fingerprint density at radius 2 is 2.35 bits per heavy atom. The zero-order chi connectivity index (χ0) is 13.9. The molecule has 2 heterocycles. The summed E-state index contributed by atoms with van der Waals surface area (Å²) < 4.78 is 14.5. The second kappa shape index (κ2) is 4.94. The van der Waals surface area contributed by atoms with Crippen LogP contribution in [-0.2, 0) is 19.1 Å². The Morgan fingerprint density at radius 1 is 1.55 bits per heavy atom. The number of cyclic esters (lactones) is 1. The quantitative estimate of drug-likeness (QED) is 0.120. The van der Waals surface area contributed by atoms with Crippen molar-refractivity contribution in [2.75, 3.05) is 6.61 Å². The number of alkyl halides is 2. The molecule has 5 nitrogen and oxygen atoms in total. The van der Waals surface area contributed by atoms with Crippen molar-refractivity contribution in [2.24, 2.45) is 17.3 Å². The molecule has 4 aliphatic rings. The van der Waals surface area contributed by atoms with Crippen LogP contribution < -0.4 is 25.0 Å². The van der Waals surface area contributed by atoms with Crippen LogP contribution in [0.15, 0.2) is 0 Å². The molecule has 2 saturated carbocycles. The fourth-order valence-electron chi connectivity index (χ4n) is 4.14. The van der Waals surface area contributed by atoms with Crippen LogP contribution in [0, 0.1) is 17.3 Å². The first-order valence-corrected chi connectivity index (χ1v) is 10.6. The average molecular weight is 504 g/mol. The van der Waals surface area contributed by atoms with E-state index in [9.17, 15) is 9.59 Å². The van der Waals surface area contributed by atoms with Gasteiger partial charge in [-0.1, -0.05) is 0 Å². The van der Waals surface area contributed by atoms with Gasteiger partial charge in [0, 0.05) is 0 Å². The molecule has 20 heavy (non-hydrogen) atoms.